The van der Waals surface area contributed by atoms with Crippen LogP contribution in [0.1, 0.15) is 60.4 Å². The highest BCUT2D eigenvalue weighted by molar-refractivity contribution is 7.10. The Morgan fingerprint density at radius 2 is 2.13 bits per heavy atom. The molecule has 7 heteroatoms. The number of carbonyl (C=O) groups is 2. The van der Waals surface area contributed by atoms with Crippen molar-refractivity contribution in [1.82, 2.24) is 5.32 Å². The van der Waals surface area contributed by atoms with Crippen LogP contribution in [-0.2, 0) is 20.5 Å². The molecular formula is C24H28BNO4S. The van der Waals surface area contributed by atoms with Crippen molar-refractivity contribution in [3.8, 4) is 0 Å². The molecule has 0 spiro atoms. The zero-order valence-electron chi connectivity index (χ0n) is 18.2. The molecule has 4 aliphatic rings. The minimum Gasteiger partial charge on any atom is -0.404 e. The van der Waals surface area contributed by atoms with Gasteiger partial charge in [0, 0.05) is 10.4 Å². The molecule has 6 rings (SSSR count). The lowest BCUT2D eigenvalue weighted by Gasteiger charge is -2.64. The zero-order chi connectivity index (χ0) is 21.8. The van der Waals surface area contributed by atoms with Crippen LogP contribution >= 0.6 is 11.3 Å². The van der Waals surface area contributed by atoms with Gasteiger partial charge in [-0.1, -0.05) is 38.1 Å². The molecule has 4 fully saturated rings. The van der Waals surface area contributed by atoms with E-state index in [0.717, 1.165) is 23.1 Å². The quantitative estimate of drug-likeness (QED) is 0.543. The fraction of sp³-hybridized carbons (Fsp3) is 0.500. The van der Waals surface area contributed by atoms with Crippen molar-refractivity contribution < 1.29 is 18.9 Å². The number of hydrogen-bond acceptors (Lipinski definition) is 5. The van der Waals surface area contributed by atoms with E-state index < -0.39 is 13.1 Å². The minimum atomic E-state index is -0.584. The predicted octanol–water partition coefficient (Wildman–Crippen LogP) is 4.23. The molecule has 1 aliphatic heterocycles. The van der Waals surface area contributed by atoms with Gasteiger partial charge in [0.1, 0.15) is 6.29 Å². The van der Waals surface area contributed by atoms with Crippen LogP contribution in [0.15, 0.2) is 41.8 Å². The van der Waals surface area contributed by atoms with E-state index in [-0.39, 0.29) is 23.0 Å². The zero-order valence-corrected chi connectivity index (χ0v) is 19.0. The van der Waals surface area contributed by atoms with E-state index in [1.54, 1.807) is 17.4 Å². The molecule has 2 bridgehead atoms. The van der Waals surface area contributed by atoms with E-state index in [9.17, 15) is 9.59 Å². The third kappa shape index (κ3) is 3.47. The third-order valence-corrected chi connectivity index (χ3v) is 8.75. The van der Waals surface area contributed by atoms with Crippen molar-refractivity contribution in [2.45, 2.75) is 57.7 Å². The Balaban J connectivity index is 1.42. The predicted molar refractivity (Wildman–Crippen MR) is 121 cm³/mol. The average molecular weight is 437 g/mol. The first kappa shape index (κ1) is 20.9. The first-order chi connectivity index (χ1) is 14.8. The second-order valence-corrected chi connectivity index (χ2v) is 11.0. The van der Waals surface area contributed by atoms with Crippen molar-refractivity contribution in [3.05, 3.63) is 57.8 Å². The molecule has 5 nitrogen and oxygen atoms in total. The first-order valence-corrected chi connectivity index (χ1v) is 11.9. The lowest BCUT2D eigenvalue weighted by atomic mass is 9.43. The molecule has 1 N–H and O–H groups in total. The van der Waals surface area contributed by atoms with Crippen molar-refractivity contribution in [1.29, 1.82) is 0 Å². The van der Waals surface area contributed by atoms with Crippen molar-refractivity contribution in [2.75, 3.05) is 0 Å². The van der Waals surface area contributed by atoms with Crippen LogP contribution in [0.25, 0.3) is 0 Å². The Morgan fingerprint density at radius 1 is 1.29 bits per heavy atom. The molecule has 3 saturated carbocycles. The highest BCUT2D eigenvalue weighted by Crippen LogP contribution is 2.66. The van der Waals surface area contributed by atoms with Gasteiger partial charge in [-0.3, -0.25) is 9.59 Å². The van der Waals surface area contributed by atoms with Gasteiger partial charge in [-0.25, -0.2) is 0 Å². The molecule has 5 atom stereocenters. The Hall–Kier alpha value is -1.96. The highest BCUT2D eigenvalue weighted by atomic mass is 32.1. The van der Waals surface area contributed by atoms with Gasteiger partial charge in [0.15, 0.2) is 0 Å². The SMILES string of the molecule is CC1(C)C2CC3OB([C@@H](NC(=O)Cc4cccs4)c4cccc(C=O)c4)O[C@@]3(C)C1C2. The Labute approximate surface area is 187 Å². The number of thiophene rings is 1. The Morgan fingerprint density at radius 3 is 2.84 bits per heavy atom. The fourth-order valence-electron chi connectivity index (χ4n) is 5.97. The van der Waals surface area contributed by atoms with Crippen LogP contribution in [0, 0.1) is 17.3 Å². The van der Waals surface area contributed by atoms with Gasteiger partial charge in [-0.2, -0.15) is 0 Å². The van der Waals surface area contributed by atoms with E-state index in [0.29, 0.717) is 23.8 Å². The van der Waals surface area contributed by atoms with Gasteiger partial charge in [-0.05, 0) is 60.1 Å². The maximum absolute atomic E-state index is 12.9. The molecule has 162 valence electrons. The van der Waals surface area contributed by atoms with Crippen LogP contribution in [0.4, 0.5) is 0 Å². The lowest BCUT2D eigenvalue weighted by molar-refractivity contribution is -0.199. The second-order valence-electron chi connectivity index (χ2n) is 9.93. The van der Waals surface area contributed by atoms with Crippen molar-refractivity contribution >= 4 is 30.6 Å². The largest absolute Gasteiger partial charge is 0.486 e. The summed E-state index contributed by atoms with van der Waals surface area (Å²) in [6, 6.07) is 11.2. The van der Waals surface area contributed by atoms with Crippen LogP contribution in [0.3, 0.4) is 0 Å². The van der Waals surface area contributed by atoms with E-state index in [1.165, 1.54) is 6.42 Å². The van der Waals surface area contributed by atoms with Gasteiger partial charge in [0.05, 0.1) is 24.1 Å². The smallest absolute Gasteiger partial charge is 0.404 e. The molecule has 1 aromatic carbocycles. The number of nitrogens with one attached hydrogen (secondary N) is 1. The fourth-order valence-corrected chi connectivity index (χ4v) is 6.67. The van der Waals surface area contributed by atoms with E-state index in [4.69, 9.17) is 9.31 Å². The number of aldehydes is 1. The van der Waals surface area contributed by atoms with Crippen LogP contribution in [0.5, 0.6) is 0 Å². The van der Waals surface area contributed by atoms with Gasteiger partial charge >= 0.3 is 7.12 Å². The molecule has 3 aliphatic carbocycles. The number of benzene rings is 1. The maximum Gasteiger partial charge on any atom is 0.486 e. The summed E-state index contributed by atoms with van der Waals surface area (Å²) in [4.78, 5) is 25.3. The molecule has 1 amide bonds. The topological polar surface area (TPSA) is 64.6 Å². The van der Waals surface area contributed by atoms with Gasteiger partial charge in [-0.15, -0.1) is 11.3 Å². The summed E-state index contributed by atoms with van der Waals surface area (Å²) >= 11 is 1.56. The molecule has 2 aromatic rings. The third-order valence-electron chi connectivity index (χ3n) is 7.88. The summed E-state index contributed by atoms with van der Waals surface area (Å²) in [5.74, 6) is 0.539. The summed E-state index contributed by atoms with van der Waals surface area (Å²) in [7, 11) is -0.584. The monoisotopic (exact) mass is 437 g/mol. The minimum absolute atomic E-state index is 0.0280. The summed E-state index contributed by atoms with van der Waals surface area (Å²) in [6.45, 7) is 6.83. The Bertz CT molecular complexity index is 993. The van der Waals surface area contributed by atoms with Gasteiger partial charge in [0.2, 0.25) is 5.91 Å². The van der Waals surface area contributed by atoms with E-state index >= 15 is 0 Å². The highest BCUT2D eigenvalue weighted by Gasteiger charge is 2.68. The molecule has 1 aromatic heterocycles. The molecule has 0 radical (unpaired) electrons. The number of hydrogen-bond donors (Lipinski definition) is 1. The molecule has 31 heavy (non-hydrogen) atoms. The van der Waals surface area contributed by atoms with E-state index in [1.807, 2.05) is 35.7 Å². The lowest BCUT2D eigenvalue weighted by Crippen LogP contribution is -2.65. The number of rotatable bonds is 6. The Kier molecular flexibility index (Phi) is 5.11. The van der Waals surface area contributed by atoms with Crippen molar-refractivity contribution in [3.63, 3.8) is 0 Å². The standard InChI is InChI=1S/C24H28BNO4S/c1-23(2)17-11-19(23)24(3)20(12-17)29-25(30-24)22(16-7-4-6-15(10-16)14-27)26-21(28)13-18-8-5-9-31-18/h4-10,14,17,19-20,22H,11-13H2,1-3H3,(H,26,28)/t17?,19?,20?,22-,24-/m0/s1. The molecular weight excluding hydrogens is 409 g/mol. The normalized spacial score (nSPS) is 31.5. The maximum atomic E-state index is 12.9. The first-order valence-electron chi connectivity index (χ1n) is 11.0. The summed E-state index contributed by atoms with van der Waals surface area (Å²) in [6.07, 6.45) is 3.32. The summed E-state index contributed by atoms with van der Waals surface area (Å²) in [5.41, 5.74) is 1.28. The second kappa shape index (κ2) is 7.57. The average Bonchev–Trinajstić information content (AvgIpc) is 3.38. The van der Waals surface area contributed by atoms with Crippen molar-refractivity contribution in [2.24, 2.45) is 17.3 Å². The van der Waals surface area contributed by atoms with Crippen LogP contribution < -0.4 is 5.32 Å². The van der Waals surface area contributed by atoms with Crippen LogP contribution in [0.2, 0.25) is 0 Å². The van der Waals surface area contributed by atoms with Gasteiger partial charge in [0.25, 0.3) is 0 Å². The summed E-state index contributed by atoms with van der Waals surface area (Å²) in [5, 5.41) is 5.11. The van der Waals surface area contributed by atoms with Gasteiger partial charge < -0.3 is 14.6 Å². The molecule has 1 saturated heterocycles. The summed E-state index contributed by atoms with van der Waals surface area (Å²) < 4.78 is 13.1. The van der Waals surface area contributed by atoms with Crippen LogP contribution in [-0.4, -0.2) is 31.0 Å². The molecule has 2 heterocycles. The number of amides is 1. The molecule has 3 unspecified atom stereocenters. The van der Waals surface area contributed by atoms with E-state index in [2.05, 4.69) is 26.1 Å². The number of carbonyl (C=O) groups excluding carboxylic acids is 2.